The molecule has 0 aromatic carbocycles. The maximum atomic E-state index is 12.0. The predicted octanol–water partition coefficient (Wildman–Crippen LogP) is 0.0590. The minimum Gasteiger partial charge on any atom is -0.430 e. The highest BCUT2D eigenvalue weighted by Crippen LogP contribution is 2.16. The third-order valence-corrected chi connectivity index (χ3v) is 2.91. The number of likely N-dealkylation sites (tertiary alicyclic amines) is 1. The fraction of sp³-hybridized carbons (Fsp3) is 0.455. The fourth-order valence-electron chi connectivity index (χ4n) is 1.82. The fourth-order valence-corrected chi connectivity index (χ4v) is 1.82. The summed E-state index contributed by atoms with van der Waals surface area (Å²) in [5.74, 6) is 0.170. The van der Waals surface area contributed by atoms with Gasteiger partial charge in [0.05, 0.1) is 5.56 Å². The summed E-state index contributed by atoms with van der Waals surface area (Å²) in [7, 11) is 0. The Hall–Kier alpha value is -1.62. The summed E-state index contributed by atoms with van der Waals surface area (Å²) in [5, 5.41) is 0. The van der Waals surface area contributed by atoms with Gasteiger partial charge in [-0.1, -0.05) is 6.92 Å². The van der Waals surface area contributed by atoms with Crippen molar-refractivity contribution in [2.75, 3.05) is 13.1 Å². The molecule has 0 radical (unpaired) electrons. The van der Waals surface area contributed by atoms with Crippen molar-refractivity contribution in [3.05, 3.63) is 34.4 Å². The first-order valence-corrected chi connectivity index (χ1v) is 5.21. The van der Waals surface area contributed by atoms with Crippen molar-refractivity contribution in [1.82, 2.24) is 4.90 Å². The van der Waals surface area contributed by atoms with Gasteiger partial charge in [-0.15, -0.1) is 0 Å². The van der Waals surface area contributed by atoms with Gasteiger partial charge in [0.15, 0.2) is 0 Å². The molecule has 2 rings (SSSR count). The molecule has 0 spiro atoms. The molecule has 16 heavy (non-hydrogen) atoms. The summed E-state index contributed by atoms with van der Waals surface area (Å²) >= 11 is 0. The van der Waals surface area contributed by atoms with Gasteiger partial charge in [-0.2, -0.15) is 0 Å². The molecule has 2 unspecified atom stereocenters. The molecule has 2 N–H and O–H groups in total. The van der Waals surface area contributed by atoms with Crippen LogP contribution >= 0.6 is 0 Å². The lowest BCUT2D eigenvalue weighted by Crippen LogP contribution is -2.32. The van der Waals surface area contributed by atoms with E-state index in [1.807, 2.05) is 6.92 Å². The molecule has 5 heteroatoms. The number of carbonyl (C=O) groups excluding carboxylic acids is 1. The van der Waals surface area contributed by atoms with Crippen molar-refractivity contribution in [1.29, 1.82) is 0 Å². The molecule has 1 fully saturated rings. The van der Waals surface area contributed by atoms with E-state index in [1.54, 1.807) is 4.90 Å². The van der Waals surface area contributed by atoms with E-state index in [0.29, 0.717) is 24.6 Å². The van der Waals surface area contributed by atoms with Gasteiger partial charge in [-0.05, 0) is 12.0 Å². The molecule has 5 nitrogen and oxygen atoms in total. The van der Waals surface area contributed by atoms with Crippen LogP contribution in [-0.2, 0) is 0 Å². The van der Waals surface area contributed by atoms with Gasteiger partial charge in [0.25, 0.3) is 5.91 Å². The van der Waals surface area contributed by atoms with Gasteiger partial charge in [-0.3, -0.25) is 4.79 Å². The number of amides is 1. The first kappa shape index (κ1) is 10.9. The molecule has 2 atom stereocenters. The van der Waals surface area contributed by atoms with Crippen molar-refractivity contribution in [2.24, 2.45) is 11.7 Å². The Morgan fingerprint density at radius 1 is 1.50 bits per heavy atom. The highest BCUT2D eigenvalue weighted by atomic mass is 16.4. The molecule has 1 saturated heterocycles. The Morgan fingerprint density at radius 2 is 2.25 bits per heavy atom. The van der Waals surface area contributed by atoms with Crippen LogP contribution in [0.5, 0.6) is 0 Å². The van der Waals surface area contributed by atoms with Crippen LogP contribution in [0.2, 0.25) is 0 Å². The zero-order valence-electron chi connectivity index (χ0n) is 9.05. The molecule has 1 aliphatic heterocycles. The lowest BCUT2D eigenvalue weighted by Gasteiger charge is -2.15. The summed E-state index contributed by atoms with van der Waals surface area (Å²) in [6.07, 6.45) is 1.19. The Labute approximate surface area is 92.8 Å². The second-order valence-electron chi connectivity index (χ2n) is 4.19. The summed E-state index contributed by atoms with van der Waals surface area (Å²) in [5.41, 5.74) is 5.78. The minimum atomic E-state index is -0.456. The normalized spacial score (nSPS) is 24.8. The van der Waals surface area contributed by atoms with Gasteiger partial charge in [0.2, 0.25) is 0 Å². The Kier molecular flexibility index (Phi) is 2.78. The molecule has 1 amide bonds. The third kappa shape index (κ3) is 1.99. The molecule has 0 aliphatic carbocycles. The van der Waals surface area contributed by atoms with Gasteiger partial charge >= 0.3 is 5.63 Å². The summed E-state index contributed by atoms with van der Waals surface area (Å²) < 4.78 is 4.66. The summed E-state index contributed by atoms with van der Waals surface area (Å²) in [6.45, 7) is 3.22. The van der Waals surface area contributed by atoms with Crippen LogP contribution in [0.1, 0.15) is 17.3 Å². The molecule has 1 aromatic heterocycles. The molecular formula is C11H14N2O3. The van der Waals surface area contributed by atoms with Crippen LogP contribution in [0.15, 0.2) is 27.6 Å². The average molecular weight is 222 g/mol. The Balaban J connectivity index is 2.14. The highest BCUT2D eigenvalue weighted by molar-refractivity contribution is 5.93. The number of hydrogen-bond donors (Lipinski definition) is 1. The number of nitrogens with two attached hydrogens (primary N) is 1. The molecular weight excluding hydrogens is 208 g/mol. The molecule has 86 valence electrons. The number of nitrogens with zero attached hydrogens (tertiary/aromatic N) is 1. The van der Waals surface area contributed by atoms with Gasteiger partial charge in [0, 0.05) is 25.2 Å². The van der Waals surface area contributed by atoms with E-state index in [9.17, 15) is 9.59 Å². The van der Waals surface area contributed by atoms with Crippen molar-refractivity contribution >= 4 is 5.91 Å². The largest absolute Gasteiger partial charge is 0.430 e. The number of rotatable bonds is 1. The van der Waals surface area contributed by atoms with Crippen LogP contribution in [-0.4, -0.2) is 29.9 Å². The molecule has 0 bridgehead atoms. The van der Waals surface area contributed by atoms with Crippen LogP contribution in [0.3, 0.4) is 0 Å². The first-order valence-electron chi connectivity index (χ1n) is 5.21. The SMILES string of the molecule is CC1CN(C(=O)c2ccc(=O)oc2)CC1N. The second kappa shape index (κ2) is 4.09. The maximum absolute atomic E-state index is 12.0. The Morgan fingerprint density at radius 3 is 2.75 bits per heavy atom. The quantitative estimate of drug-likeness (QED) is 0.729. The number of carbonyl (C=O) groups is 1. The van der Waals surface area contributed by atoms with Gasteiger partial charge in [0.1, 0.15) is 6.26 Å². The minimum absolute atomic E-state index is 0.0275. The maximum Gasteiger partial charge on any atom is 0.335 e. The van der Waals surface area contributed by atoms with E-state index in [-0.39, 0.29) is 11.9 Å². The molecule has 1 aliphatic rings. The zero-order valence-corrected chi connectivity index (χ0v) is 9.05. The van der Waals surface area contributed by atoms with Crippen LogP contribution < -0.4 is 11.4 Å². The monoisotopic (exact) mass is 222 g/mol. The second-order valence-corrected chi connectivity index (χ2v) is 4.19. The highest BCUT2D eigenvalue weighted by Gasteiger charge is 2.30. The van der Waals surface area contributed by atoms with E-state index >= 15 is 0 Å². The molecule has 0 saturated carbocycles. The van der Waals surface area contributed by atoms with Crippen molar-refractivity contribution in [3.63, 3.8) is 0 Å². The van der Waals surface area contributed by atoms with Gasteiger partial charge in [-0.25, -0.2) is 4.79 Å². The van der Waals surface area contributed by atoms with Crippen molar-refractivity contribution in [3.8, 4) is 0 Å². The van der Waals surface area contributed by atoms with Crippen LogP contribution in [0.4, 0.5) is 0 Å². The summed E-state index contributed by atoms with van der Waals surface area (Å²) in [6, 6.07) is 2.75. The van der Waals surface area contributed by atoms with E-state index in [0.717, 1.165) is 0 Å². The van der Waals surface area contributed by atoms with Crippen molar-refractivity contribution in [2.45, 2.75) is 13.0 Å². The molecule has 2 heterocycles. The van der Waals surface area contributed by atoms with Gasteiger partial charge < -0.3 is 15.1 Å². The zero-order chi connectivity index (χ0) is 11.7. The average Bonchev–Trinajstić information content (AvgIpc) is 2.59. The Bertz CT molecular complexity index is 424. The summed E-state index contributed by atoms with van der Waals surface area (Å²) in [4.78, 5) is 24.4. The predicted molar refractivity (Wildman–Crippen MR) is 58.0 cm³/mol. The number of hydrogen-bond acceptors (Lipinski definition) is 4. The van der Waals surface area contributed by atoms with Crippen LogP contribution in [0, 0.1) is 5.92 Å². The molecule has 1 aromatic rings. The van der Waals surface area contributed by atoms with E-state index in [1.165, 1.54) is 18.4 Å². The standard InChI is InChI=1S/C11H14N2O3/c1-7-4-13(5-9(7)12)11(15)8-2-3-10(14)16-6-8/h2-3,6-7,9H,4-5,12H2,1H3. The third-order valence-electron chi connectivity index (χ3n) is 2.91. The smallest absolute Gasteiger partial charge is 0.335 e. The lowest BCUT2D eigenvalue weighted by atomic mass is 10.1. The topological polar surface area (TPSA) is 76.5 Å². The van der Waals surface area contributed by atoms with Crippen molar-refractivity contribution < 1.29 is 9.21 Å². The van der Waals surface area contributed by atoms with Crippen LogP contribution in [0.25, 0.3) is 0 Å². The van der Waals surface area contributed by atoms with E-state index in [2.05, 4.69) is 4.42 Å². The van der Waals surface area contributed by atoms with E-state index in [4.69, 9.17) is 5.73 Å². The first-order chi connectivity index (χ1) is 7.58. The van der Waals surface area contributed by atoms with E-state index < -0.39 is 5.63 Å². The lowest BCUT2D eigenvalue weighted by molar-refractivity contribution is 0.0784.